The van der Waals surface area contributed by atoms with Gasteiger partial charge in [0.1, 0.15) is 11.6 Å². The van der Waals surface area contributed by atoms with Crippen molar-refractivity contribution in [3.05, 3.63) is 71.8 Å². The quantitative estimate of drug-likeness (QED) is 0.475. The van der Waals surface area contributed by atoms with E-state index in [0.717, 1.165) is 10.1 Å². The number of thioether (sulfide) groups is 1. The van der Waals surface area contributed by atoms with Crippen molar-refractivity contribution in [2.45, 2.75) is 17.5 Å². The van der Waals surface area contributed by atoms with E-state index in [-0.39, 0.29) is 5.75 Å². The normalized spacial score (nSPS) is 11.8. The van der Waals surface area contributed by atoms with E-state index >= 15 is 0 Å². The molecule has 0 fully saturated rings. The first kappa shape index (κ1) is 17.4. The van der Waals surface area contributed by atoms with Crippen LogP contribution in [-0.4, -0.2) is 24.7 Å². The molecule has 0 saturated heterocycles. The number of imidazole rings is 1. The third-order valence-electron chi connectivity index (χ3n) is 3.91. The zero-order valence-corrected chi connectivity index (χ0v) is 14.9. The molecule has 2 aromatic heterocycles. The van der Waals surface area contributed by atoms with E-state index in [1.54, 1.807) is 24.3 Å². The second-order valence-electron chi connectivity index (χ2n) is 5.70. The highest BCUT2D eigenvalue weighted by Gasteiger charge is 2.18. The lowest BCUT2D eigenvalue weighted by atomic mass is 10.2. The van der Waals surface area contributed by atoms with Crippen LogP contribution in [0.5, 0.6) is 0 Å². The highest BCUT2D eigenvalue weighted by molar-refractivity contribution is 7.98. The molecular weight excluding hydrogens is 368 g/mol. The Morgan fingerprint density at radius 1 is 1.00 bits per heavy atom. The molecule has 0 radical (unpaired) electrons. The number of rotatable bonds is 6. The molecule has 2 heterocycles. The van der Waals surface area contributed by atoms with Gasteiger partial charge in [-0.15, -0.1) is 5.10 Å². The van der Waals surface area contributed by atoms with Gasteiger partial charge in [-0.3, -0.25) is 9.67 Å². The number of nitrogens with one attached hydrogen (secondary N) is 1. The predicted molar refractivity (Wildman–Crippen MR) is 102 cm³/mol. The molecule has 4 rings (SSSR count). The van der Waals surface area contributed by atoms with Crippen LogP contribution >= 0.6 is 11.8 Å². The summed E-state index contributed by atoms with van der Waals surface area (Å²) >= 11 is 1.26. The number of hydrogen-bond acceptors (Lipinski definition) is 4. The summed E-state index contributed by atoms with van der Waals surface area (Å²) in [5, 5.41) is 7.44. The van der Waals surface area contributed by atoms with Gasteiger partial charge in [0.05, 0.1) is 16.8 Å². The molecule has 2 aromatic carbocycles. The van der Waals surface area contributed by atoms with Gasteiger partial charge < -0.3 is 0 Å². The summed E-state index contributed by atoms with van der Waals surface area (Å²) in [6, 6.07) is 16.7. The molecule has 1 N–H and O–H groups in total. The van der Waals surface area contributed by atoms with Crippen LogP contribution in [0, 0.1) is 0 Å². The van der Waals surface area contributed by atoms with Crippen LogP contribution < -0.4 is 0 Å². The van der Waals surface area contributed by atoms with Crippen molar-refractivity contribution in [1.29, 1.82) is 0 Å². The Labute approximate surface area is 158 Å². The second-order valence-corrected chi connectivity index (χ2v) is 6.64. The van der Waals surface area contributed by atoms with Gasteiger partial charge in [-0.2, -0.15) is 8.78 Å². The van der Waals surface area contributed by atoms with Crippen molar-refractivity contribution in [3.8, 4) is 0 Å². The third kappa shape index (κ3) is 3.90. The Bertz CT molecular complexity index is 1070. The van der Waals surface area contributed by atoms with Crippen LogP contribution in [-0.2, 0) is 5.75 Å². The molecule has 0 spiro atoms. The fourth-order valence-electron chi connectivity index (χ4n) is 2.68. The van der Waals surface area contributed by atoms with Crippen molar-refractivity contribution >= 4 is 34.9 Å². The molecule has 136 valence electrons. The van der Waals surface area contributed by atoms with Crippen LogP contribution in [0.4, 0.5) is 8.78 Å². The minimum atomic E-state index is -2.65. The Kier molecular flexibility index (Phi) is 4.97. The van der Waals surface area contributed by atoms with E-state index in [0.29, 0.717) is 27.8 Å². The van der Waals surface area contributed by atoms with Crippen molar-refractivity contribution in [1.82, 2.24) is 24.7 Å². The molecule has 8 heteroatoms. The van der Waals surface area contributed by atoms with E-state index in [9.17, 15) is 8.78 Å². The van der Waals surface area contributed by atoms with E-state index < -0.39 is 6.55 Å². The molecule has 0 aliphatic carbocycles. The predicted octanol–water partition coefficient (Wildman–Crippen LogP) is 5.01. The molecule has 5 nitrogen and oxygen atoms in total. The van der Waals surface area contributed by atoms with Crippen LogP contribution in [0.25, 0.3) is 23.2 Å². The maximum atomic E-state index is 13.4. The van der Waals surface area contributed by atoms with Gasteiger partial charge in [-0.05, 0) is 23.8 Å². The molecular formula is C19H15F2N5S. The molecule has 0 saturated carbocycles. The standard InChI is InChI=1S/C19H15F2N5S/c20-18(21)26-15-9-5-4-8-14(15)22-17(26)12-27-19-23-16(24-25-19)11-10-13-6-2-1-3-7-13/h1-11,18H,12H2,(H,23,24,25)/b11-10+. The summed E-state index contributed by atoms with van der Waals surface area (Å²) in [5.74, 6) is 1.14. The second kappa shape index (κ2) is 7.71. The Hall–Kier alpha value is -3.00. The number of H-pyrrole nitrogens is 1. The van der Waals surface area contributed by atoms with Gasteiger partial charge in [0, 0.05) is 0 Å². The van der Waals surface area contributed by atoms with Gasteiger partial charge in [0.15, 0.2) is 0 Å². The van der Waals surface area contributed by atoms with Gasteiger partial charge in [0.2, 0.25) is 5.16 Å². The number of benzene rings is 2. The van der Waals surface area contributed by atoms with E-state index in [1.165, 1.54) is 11.8 Å². The Balaban J connectivity index is 1.48. The number of aromatic amines is 1. The van der Waals surface area contributed by atoms with Gasteiger partial charge in [-0.25, -0.2) is 9.97 Å². The fraction of sp³-hybridized carbons (Fsp3) is 0.105. The molecule has 4 aromatic rings. The van der Waals surface area contributed by atoms with Gasteiger partial charge in [0.25, 0.3) is 0 Å². The lowest BCUT2D eigenvalue weighted by Gasteiger charge is -2.06. The third-order valence-corrected chi connectivity index (χ3v) is 4.75. The first-order valence-corrected chi connectivity index (χ1v) is 9.21. The molecule has 0 amide bonds. The number of para-hydroxylation sites is 2. The van der Waals surface area contributed by atoms with Crippen LogP contribution in [0.15, 0.2) is 59.8 Å². The first-order chi connectivity index (χ1) is 13.2. The maximum absolute atomic E-state index is 13.4. The van der Waals surface area contributed by atoms with Crippen molar-refractivity contribution in [2.24, 2.45) is 0 Å². The lowest BCUT2D eigenvalue weighted by Crippen LogP contribution is -2.03. The van der Waals surface area contributed by atoms with E-state index in [1.807, 2.05) is 42.5 Å². The number of halogens is 2. The summed E-state index contributed by atoms with van der Waals surface area (Å²) in [5.41, 5.74) is 2.02. The zero-order valence-electron chi connectivity index (χ0n) is 14.1. The number of aromatic nitrogens is 5. The van der Waals surface area contributed by atoms with Gasteiger partial charge in [-0.1, -0.05) is 60.3 Å². The molecule has 27 heavy (non-hydrogen) atoms. The summed E-state index contributed by atoms with van der Waals surface area (Å²) in [4.78, 5) is 8.67. The van der Waals surface area contributed by atoms with Crippen LogP contribution in [0.3, 0.4) is 0 Å². The van der Waals surface area contributed by atoms with Crippen molar-refractivity contribution in [3.63, 3.8) is 0 Å². The minimum absolute atomic E-state index is 0.249. The molecule has 0 bridgehead atoms. The summed E-state index contributed by atoms with van der Waals surface area (Å²) in [7, 11) is 0. The summed E-state index contributed by atoms with van der Waals surface area (Å²) in [6.45, 7) is -2.65. The van der Waals surface area contributed by atoms with Crippen LogP contribution in [0.2, 0.25) is 0 Å². The highest BCUT2D eigenvalue weighted by atomic mass is 32.2. The van der Waals surface area contributed by atoms with Crippen LogP contribution in [0.1, 0.15) is 23.8 Å². The number of hydrogen-bond donors (Lipinski definition) is 1. The average molecular weight is 383 g/mol. The monoisotopic (exact) mass is 383 g/mol. The number of nitrogens with zero attached hydrogens (tertiary/aromatic N) is 4. The Morgan fingerprint density at radius 2 is 1.78 bits per heavy atom. The van der Waals surface area contributed by atoms with Crippen molar-refractivity contribution in [2.75, 3.05) is 0 Å². The number of fused-ring (bicyclic) bond motifs is 1. The number of alkyl halides is 2. The lowest BCUT2D eigenvalue weighted by molar-refractivity contribution is 0.0722. The summed E-state index contributed by atoms with van der Waals surface area (Å²) < 4.78 is 27.8. The zero-order chi connectivity index (χ0) is 18.6. The topological polar surface area (TPSA) is 59.4 Å². The molecule has 0 aliphatic rings. The minimum Gasteiger partial charge on any atom is -0.269 e. The smallest absolute Gasteiger partial charge is 0.269 e. The summed E-state index contributed by atoms with van der Waals surface area (Å²) in [6.07, 6.45) is 3.74. The van der Waals surface area contributed by atoms with E-state index in [2.05, 4.69) is 20.2 Å². The maximum Gasteiger partial charge on any atom is 0.320 e. The van der Waals surface area contributed by atoms with E-state index in [4.69, 9.17) is 0 Å². The van der Waals surface area contributed by atoms with Gasteiger partial charge >= 0.3 is 6.55 Å². The molecule has 0 aliphatic heterocycles. The molecule has 0 atom stereocenters. The Morgan fingerprint density at radius 3 is 2.59 bits per heavy atom. The van der Waals surface area contributed by atoms with Crippen molar-refractivity contribution < 1.29 is 8.78 Å². The fourth-order valence-corrected chi connectivity index (χ4v) is 3.41. The largest absolute Gasteiger partial charge is 0.320 e. The SMILES string of the molecule is FC(F)n1c(CSc2n[nH]c(/C=C/c3ccccc3)n2)nc2ccccc21. The highest BCUT2D eigenvalue weighted by Crippen LogP contribution is 2.27. The average Bonchev–Trinajstić information content (AvgIpc) is 3.29. The first-order valence-electron chi connectivity index (χ1n) is 8.23. The molecule has 0 unspecified atom stereocenters.